The van der Waals surface area contributed by atoms with E-state index in [1.165, 1.54) is 32.4 Å². The Morgan fingerprint density at radius 1 is 1.10 bits per heavy atom. The Morgan fingerprint density at radius 2 is 1.71 bits per heavy atom. The molecule has 21 heavy (non-hydrogen) atoms. The van der Waals surface area contributed by atoms with E-state index in [1.54, 1.807) is 18.2 Å². The van der Waals surface area contributed by atoms with E-state index in [1.807, 2.05) is 0 Å². The van der Waals surface area contributed by atoms with Crippen LogP contribution in [-0.2, 0) is 0 Å². The van der Waals surface area contributed by atoms with Crippen LogP contribution in [0.4, 0.5) is 10.1 Å². The highest BCUT2D eigenvalue weighted by Crippen LogP contribution is 2.26. The van der Waals surface area contributed by atoms with Crippen LogP contribution in [-0.4, -0.2) is 20.1 Å². The van der Waals surface area contributed by atoms with Gasteiger partial charge in [0.05, 0.1) is 19.8 Å². The Morgan fingerprint density at radius 3 is 2.29 bits per heavy atom. The third-order valence-corrected chi connectivity index (χ3v) is 3.08. The number of amides is 1. The number of benzene rings is 2. The van der Waals surface area contributed by atoms with E-state index in [-0.39, 0.29) is 5.56 Å². The molecule has 0 unspecified atom stereocenters. The molecular formula is C15H14FNO3S. The number of anilines is 1. The number of methoxy groups -OCH3 is 2. The average Bonchev–Trinajstić information content (AvgIpc) is 2.49. The summed E-state index contributed by atoms with van der Waals surface area (Å²) < 4.78 is 23.9. The molecule has 0 bridgehead atoms. The minimum atomic E-state index is -0.611. The van der Waals surface area contributed by atoms with Crippen LogP contribution in [0.15, 0.2) is 41.3 Å². The van der Waals surface area contributed by atoms with Crippen molar-refractivity contribution in [1.29, 1.82) is 0 Å². The van der Waals surface area contributed by atoms with E-state index >= 15 is 0 Å². The maximum Gasteiger partial charge on any atom is 0.258 e. The number of halogens is 1. The SMILES string of the molecule is COc1cc(NC(=O)c2cc(S)ccc2F)cc(OC)c1. The van der Waals surface area contributed by atoms with Crippen LogP contribution in [0.25, 0.3) is 0 Å². The van der Waals surface area contributed by atoms with Gasteiger partial charge in [-0.1, -0.05) is 0 Å². The lowest BCUT2D eigenvalue weighted by Crippen LogP contribution is -2.14. The first-order chi connectivity index (χ1) is 10.0. The average molecular weight is 307 g/mol. The summed E-state index contributed by atoms with van der Waals surface area (Å²) in [6.45, 7) is 0. The van der Waals surface area contributed by atoms with Gasteiger partial charge in [-0.25, -0.2) is 4.39 Å². The van der Waals surface area contributed by atoms with Crippen molar-refractivity contribution in [3.8, 4) is 11.5 Å². The number of hydrogen-bond donors (Lipinski definition) is 2. The normalized spacial score (nSPS) is 10.1. The number of hydrogen-bond acceptors (Lipinski definition) is 4. The molecule has 0 aliphatic rings. The van der Waals surface area contributed by atoms with Gasteiger partial charge in [-0.15, -0.1) is 12.6 Å². The fourth-order valence-corrected chi connectivity index (χ4v) is 1.97. The van der Waals surface area contributed by atoms with Gasteiger partial charge in [-0.2, -0.15) is 0 Å². The Kier molecular flexibility index (Phi) is 4.70. The first kappa shape index (κ1) is 15.2. The highest BCUT2D eigenvalue weighted by Gasteiger charge is 2.13. The van der Waals surface area contributed by atoms with Gasteiger partial charge in [-0.3, -0.25) is 4.79 Å². The summed E-state index contributed by atoms with van der Waals surface area (Å²) in [6, 6.07) is 8.94. The van der Waals surface area contributed by atoms with Gasteiger partial charge < -0.3 is 14.8 Å². The molecule has 2 aromatic carbocycles. The van der Waals surface area contributed by atoms with Crippen molar-refractivity contribution in [1.82, 2.24) is 0 Å². The molecule has 0 aliphatic heterocycles. The second-order valence-electron chi connectivity index (χ2n) is 4.22. The zero-order valence-corrected chi connectivity index (χ0v) is 12.4. The Bertz CT molecular complexity index is 654. The predicted molar refractivity (Wildman–Crippen MR) is 81.2 cm³/mol. The van der Waals surface area contributed by atoms with E-state index in [2.05, 4.69) is 17.9 Å². The Labute approximate surface area is 127 Å². The highest BCUT2D eigenvalue weighted by atomic mass is 32.1. The fraction of sp³-hybridized carbons (Fsp3) is 0.133. The molecule has 0 atom stereocenters. The first-order valence-corrected chi connectivity index (χ1v) is 6.51. The Hall–Kier alpha value is -2.21. The van der Waals surface area contributed by atoms with Gasteiger partial charge >= 0.3 is 0 Å². The van der Waals surface area contributed by atoms with Crippen LogP contribution in [0.3, 0.4) is 0 Å². The summed E-state index contributed by atoms with van der Waals surface area (Å²) in [6.07, 6.45) is 0. The summed E-state index contributed by atoms with van der Waals surface area (Å²) in [7, 11) is 3.01. The van der Waals surface area contributed by atoms with Gasteiger partial charge in [0.2, 0.25) is 0 Å². The first-order valence-electron chi connectivity index (χ1n) is 6.06. The summed E-state index contributed by atoms with van der Waals surface area (Å²) in [4.78, 5) is 12.6. The quantitative estimate of drug-likeness (QED) is 0.851. The standard InChI is InChI=1S/C15H14FNO3S/c1-19-10-5-9(6-11(7-10)20-2)17-15(18)13-8-12(21)3-4-14(13)16/h3-8,21H,1-2H3,(H,17,18). The summed E-state index contributed by atoms with van der Waals surface area (Å²) in [5.74, 6) is -0.139. The van der Waals surface area contributed by atoms with Crippen molar-refractivity contribution in [2.45, 2.75) is 4.90 Å². The molecule has 1 N–H and O–H groups in total. The molecule has 0 fully saturated rings. The largest absolute Gasteiger partial charge is 0.497 e. The van der Waals surface area contributed by atoms with E-state index < -0.39 is 11.7 Å². The predicted octanol–water partition coefficient (Wildman–Crippen LogP) is 3.38. The molecule has 2 aromatic rings. The van der Waals surface area contributed by atoms with Gasteiger partial charge in [0.15, 0.2) is 0 Å². The fourth-order valence-electron chi connectivity index (χ4n) is 1.77. The molecule has 0 aromatic heterocycles. The zero-order chi connectivity index (χ0) is 15.4. The van der Waals surface area contributed by atoms with E-state index in [4.69, 9.17) is 9.47 Å². The van der Waals surface area contributed by atoms with Gasteiger partial charge in [0.1, 0.15) is 17.3 Å². The number of carbonyl (C=O) groups is 1. The van der Waals surface area contributed by atoms with Crippen molar-refractivity contribution in [2.75, 3.05) is 19.5 Å². The van der Waals surface area contributed by atoms with E-state index in [0.29, 0.717) is 22.1 Å². The molecule has 1 amide bonds. The molecule has 4 nitrogen and oxygen atoms in total. The summed E-state index contributed by atoms with van der Waals surface area (Å²) >= 11 is 4.10. The van der Waals surface area contributed by atoms with Crippen molar-refractivity contribution in [3.63, 3.8) is 0 Å². The van der Waals surface area contributed by atoms with Gasteiger partial charge in [0, 0.05) is 28.8 Å². The number of rotatable bonds is 4. The van der Waals surface area contributed by atoms with E-state index in [0.717, 1.165) is 0 Å². The summed E-state index contributed by atoms with van der Waals surface area (Å²) in [5, 5.41) is 2.60. The molecule has 110 valence electrons. The minimum absolute atomic E-state index is 0.0794. The van der Waals surface area contributed by atoms with Crippen LogP contribution in [0.1, 0.15) is 10.4 Å². The molecule has 0 radical (unpaired) electrons. The highest BCUT2D eigenvalue weighted by molar-refractivity contribution is 7.80. The Balaban J connectivity index is 2.28. The number of thiol groups is 1. The van der Waals surface area contributed by atoms with Crippen molar-refractivity contribution < 1.29 is 18.7 Å². The minimum Gasteiger partial charge on any atom is -0.497 e. The number of carbonyl (C=O) groups excluding carboxylic acids is 1. The molecule has 0 saturated carbocycles. The summed E-state index contributed by atoms with van der Waals surface area (Å²) in [5.41, 5.74) is 0.365. The van der Waals surface area contributed by atoms with Crippen molar-refractivity contribution in [3.05, 3.63) is 47.8 Å². The lowest BCUT2D eigenvalue weighted by molar-refractivity contribution is 0.102. The molecule has 2 rings (SSSR count). The molecule has 0 spiro atoms. The van der Waals surface area contributed by atoms with Gasteiger partial charge in [-0.05, 0) is 18.2 Å². The molecule has 0 aliphatic carbocycles. The van der Waals surface area contributed by atoms with Crippen LogP contribution < -0.4 is 14.8 Å². The maximum atomic E-state index is 13.7. The van der Waals surface area contributed by atoms with Crippen molar-refractivity contribution >= 4 is 24.2 Å². The van der Waals surface area contributed by atoms with Crippen LogP contribution in [0.2, 0.25) is 0 Å². The monoisotopic (exact) mass is 307 g/mol. The third kappa shape index (κ3) is 3.66. The third-order valence-electron chi connectivity index (χ3n) is 2.80. The second kappa shape index (κ2) is 6.49. The lowest BCUT2D eigenvalue weighted by Gasteiger charge is -2.10. The topological polar surface area (TPSA) is 47.6 Å². The number of ether oxygens (including phenoxy) is 2. The zero-order valence-electron chi connectivity index (χ0n) is 11.5. The van der Waals surface area contributed by atoms with Gasteiger partial charge in [0.25, 0.3) is 5.91 Å². The number of nitrogens with one attached hydrogen (secondary N) is 1. The maximum absolute atomic E-state index is 13.7. The van der Waals surface area contributed by atoms with Crippen LogP contribution in [0, 0.1) is 5.82 Å². The van der Waals surface area contributed by atoms with Crippen LogP contribution in [0.5, 0.6) is 11.5 Å². The van der Waals surface area contributed by atoms with Crippen LogP contribution >= 0.6 is 12.6 Å². The molecular weight excluding hydrogens is 293 g/mol. The molecule has 0 saturated heterocycles. The van der Waals surface area contributed by atoms with E-state index in [9.17, 15) is 9.18 Å². The molecule has 0 heterocycles. The lowest BCUT2D eigenvalue weighted by atomic mass is 10.2. The molecule has 6 heteroatoms. The van der Waals surface area contributed by atoms with Crippen molar-refractivity contribution in [2.24, 2.45) is 0 Å². The smallest absolute Gasteiger partial charge is 0.258 e. The second-order valence-corrected chi connectivity index (χ2v) is 4.74.